The van der Waals surface area contributed by atoms with Crippen LogP contribution in [0, 0.1) is 0 Å². The van der Waals surface area contributed by atoms with Crippen LogP contribution in [0.3, 0.4) is 0 Å². The zero-order valence-corrected chi connectivity index (χ0v) is 18.9. The highest BCUT2D eigenvalue weighted by Crippen LogP contribution is 2.29. The molecule has 0 spiro atoms. The highest BCUT2D eigenvalue weighted by Gasteiger charge is 2.13. The first-order chi connectivity index (χ1) is 15.3. The average Bonchev–Trinajstić information content (AvgIpc) is 3.23. The number of rotatable bonds is 7. The fraction of sp³-hybridized carbons (Fsp3) is 0.333. The Labute approximate surface area is 186 Å². The molecule has 0 aliphatic carbocycles. The van der Waals surface area contributed by atoms with E-state index in [9.17, 15) is 9.59 Å². The number of amides is 2. The van der Waals surface area contributed by atoms with Crippen molar-refractivity contribution in [3.8, 4) is 11.1 Å². The lowest BCUT2D eigenvalue weighted by Gasteiger charge is -2.06. The molecular weight excluding hydrogens is 404 g/mol. The lowest BCUT2D eigenvalue weighted by molar-refractivity contribution is -0.119. The molecule has 4 aromatic rings. The Kier molecular flexibility index (Phi) is 5.94. The second kappa shape index (κ2) is 8.82. The number of fused-ring (bicyclic) bond motifs is 2. The molecule has 2 N–H and O–H groups in total. The smallest absolute Gasteiger partial charge is 0.216 e. The minimum atomic E-state index is -0.0272. The monoisotopic (exact) mass is 432 g/mol. The van der Waals surface area contributed by atoms with Gasteiger partial charge in [0.05, 0.1) is 0 Å². The summed E-state index contributed by atoms with van der Waals surface area (Å²) in [5.74, 6) is -0.0545. The zero-order chi connectivity index (χ0) is 22.8. The molecule has 4 heterocycles. The van der Waals surface area contributed by atoms with Crippen LogP contribution in [0.1, 0.15) is 25.0 Å². The highest BCUT2D eigenvalue weighted by atomic mass is 16.2. The van der Waals surface area contributed by atoms with Gasteiger partial charge in [0.15, 0.2) is 0 Å². The SMILES string of the molecule is CC(=O)NCCc1cn(C)c2ncc(-c3cnc4c(c3)c(CCNC(C)=O)cn4C)cc12. The van der Waals surface area contributed by atoms with Crippen LogP contribution in [0.15, 0.2) is 36.9 Å². The molecular formula is C24H28N6O2. The van der Waals surface area contributed by atoms with Crippen LogP contribution >= 0.6 is 0 Å². The molecule has 0 fully saturated rings. The zero-order valence-electron chi connectivity index (χ0n) is 18.9. The number of carbonyl (C=O) groups is 2. The van der Waals surface area contributed by atoms with Crippen LogP contribution in [0.4, 0.5) is 0 Å². The van der Waals surface area contributed by atoms with Crippen LogP contribution in [0.25, 0.3) is 33.2 Å². The lowest BCUT2D eigenvalue weighted by atomic mass is 10.0. The van der Waals surface area contributed by atoms with Gasteiger partial charge in [0.25, 0.3) is 0 Å². The number of carbonyl (C=O) groups excluding carboxylic acids is 2. The molecule has 0 saturated heterocycles. The van der Waals surface area contributed by atoms with Gasteiger partial charge in [-0.25, -0.2) is 9.97 Å². The van der Waals surface area contributed by atoms with Gasteiger partial charge < -0.3 is 19.8 Å². The second-order valence-corrected chi connectivity index (χ2v) is 8.19. The summed E-state index contributed by atoms with van der Waals surface area (Å²) < 4.78 is 4.03. The van der Waals surface area contributed by atoms with Crippen LogP contribution in [0.5, 0.6) is 0 Å². The first kappa shape index (κ1) is 21.5. The Morgan fingerprint density at radius 3 is 1.56 bits per heavy atom. The number of pyridine rings is 2. The average molecular weight is 433 g/mol. The Morgan fingerprint density at radius 1 is 0.781 bits per heavy atom. The third-order valence-corrected chi connectivity index (χ3v) is 5.66. The maximum atomic E-state index is 11.2. The summed E-state index contributed by atoms with van der Waals surface area (Å²) >= 11 is 0. The number of nitrogens with zero attached hydrogens (tertiary/aromatic N) is 4. The largest absolute Gasteiger partial charge is 0.356 e. The molecule has 0 radical (unpaired) electrons. The summed E-state index contributed by atoms with van der Waals surface area (Å²) in [4.78, 5) is 31.8. The number of hydrogen-bond acceptors (Lipinski definition) is 4. The van der Waals surface area contributed by atoms with Crippen molar-refractivity contribution in [3.63, 3.8) is 0 Å². The molecule has 0 aliphatic heterocycles. The molecule has 2 amide bonds. The summed E-state index contributed by atoms with van der Waals surface area (Å²) in [7, 11) is 3.96. The van der Waals surface area contributed by atoms with Gasteiger partial charge in [-0.15, -0.1) is 0 Å². The molecule has 0 aliphatic rings. The first-order valence-electron chi connectivity index (χ1n) is 10.7. The van der Waals surface area contributed by atoms with E-state index in [2.05, 4.69) is 35.2 Å². The van der Waals surface area contributed by atoms with E-state index in [1.807, 2.05) is 35.6 Å². The summed E-state index contributed by atoms with van der Waals surface area (Å²) in [5.41, 5.74) is 6.12. The Bertz CT molecular complexity index is 1220. The topological polar surface area (TPSA) is 93.8 Å². The van der Waals surface area contributed by atoms with Gasteiger partial charge >= 0.3 is 0 Å². The Balaban J connectivity index is 1.69. The number of aryl methyl sites for hydroxylation is 2. The van der Waals surface area contributed by atoms with Crippen LogP contribution in [-0.4, -0.2) is 44.0 Å². The molecule has 0 atom stereocenters. The van der Waals surface area contributed by atoms with Crippen molar-refractivity contribution in [2.24, 2.45) is 14.1 Å². The summed E-state index contributed by atoms with van der Waals surface area (Å²) in [6, 6.07) is 4.29. The maximum absolute atomic E-state index is 11.2. The molecule has 0 unspecified atom stereocenters. The summed E-state index contributed by atoms with van der Waals surface area (Å²) in [6.07, 6.45) is 9.38. The van der Waals surface area contributed by atoms with E-state index in [-0.39, 0.29) is 11.8 Å². The van der Waals surface area contributed by atoms with Gasteiger partial charge in [0.1, 0.15) is 11.3 Å². The molecule has 4 rings (SSSR count). The van der Waals surface area contributed by atoms with Gasteiger partial charge in [-0.1, -0.05) is 0 Å². The van der Waals surface area contributed by atoms with Crippen LogP contribution in [-0.2, 0) is 36.5 Å². The standard InChI is InChI=1S/C24H28N6O2/c1-15(31)25-7-5-17-13-29(3)23-21(17)9-19(11-27-23)20-10-22-18(6-8-26-16(2)32)14-30(4)24(22)28-12-20/h9-14H,5-8H2,1-4H3,(H,25,31)(H,26,32). The van der Waals surface area contributed by atoms with Crippen LogP contribution < -0.4 is 10.6 Å². The van der Waals surface area contributed by atoms with E-state index in [1.54, 1.807) is 0 Å². The second-order valence-electron chi connectivity index (χ2n) is 8.19. The number of aromatic nitrogens is 4. The van der Waals surface area contributed by atoms with Gasteiger partial charge in [-0.3, -0.25) is 9.59 Å². The van der Waals surface area contributed by atoms with E-state index in [1.165, 1.54) is 13.8 Å². The van der Waals surface area contributed by atoms with E-state index in [0.29, 0.717) is 13.1 Å². The van der Waals surface area contributed by atoms with Crippen molar-refractivity contribution < 1.29 is 9.59 Å². The normalized spacial score (nSPS) is 11.2. The lowest BCUT2D eigenvalue weighted by Crippen LogP contribution is -2.22. The fourth-order valence-electron chi connectivity index (χ4n) is 4.14. The molecule has 0 bridgehead atoms. The third kappa shape index (κ3) is 4.34. The molecule has 166 valence electrons. The Morgan fingerprint density at radius 2 is 1.19 bits per heavy atom. The number of nitrogens with one attached hydrogen (secondary N) is 2. The fourth-order valence-corrected chi connectivity index (χ4v) is 4.14. The molecule has 0 saturated carbocycles. The van der Waals surface area contributed by atoms with Crippen molar-refractivity contribution in [3.05, 3.63) is 48.0 Å². The minimum Gasteiger partial charge on any atom is -0.356 e. The minimum absolute atomic E-state index is 0.0272. The van der Waals surface area contributed by atoms with Gasteiger partial charge in [0, 0.05) is 87.7 Å². The van der Waals surface area contributed by atoms with E-state index >= 15 is 0 Å². The predicted molar refractivity (Wildman–Crippen MR) is 125 cm³/mol. The van der Waals surface area contributed by atoms with E-state index < -0.39 is 0 Å². The highest BCUT2D eigenvalue weighted by molar-refractivity contribution is 5.89. The number of hydrogen-bond donors (Lipinski definition) is 2. The van der Waals surface area contributed by atoms with Gasteiger partial charge in [-0.2, -0.15) is 0 Å². The van der Waals surface area contributed by atoms with E-state index in [0.717, 1.165) is 57.2 Å². The van der Waals surface area contributed by atoms with Crippen LogP contribution in [0.2, 0.25) is 0 Å². The third-order valence-electron chi connectivity index (χ3n) is 5.66. The van der Waals surface area contributed by atoms with Crippen molar-refractivity contribution in [1.29, 1.82) is 0 Å². The van der Waals surface area contributed by atoms with Crippen molar-refractivity contribution in [2.75, 3.05) is 13.1 Å². The Hall–Kier alpha value is -3.68. The van der Waals surface area contributed by atoms with Gasteiger partial charge in [-0.05, 0) is 36.1 Å². The summed E-state index contributed by atoms with van der Waals surface area (Å²) in [6.45, 7) is 4.24. The quantitative estimate of drug-likeness (QED) is 0.469. The van der Waals surface area contributed by atoms with Gasteiger partial charge in [0.2, 0.25) is 11.8 Å². The van der Waals surface area contributed by atoms with Crippen molar-refractivity contribution >= 4 is 33.9 Å². The molecule has 32 heavy (non-hydrogen) atoms. The molecule has 4 aromatic heterocycles. The molecule has 8 nitrogen and oxygen atoms in total. The van der Waals surface area contributed by atoms with Crippen molar-refractivity contribution in [1.82, 2.24) is 29.7 Å². The molecule has 0 aromatic carbocycles. The molecule has 8 heteroatoms. The first-order valence-corrected chi connectivity index (χ1v) is 10.7. The summed E-state index contributed by atoms with van der Waals surface area (Å²) in [5, 5.41) is 7.88. The van der Waals surface area contributed by atoms with Crippen molar-refractivity contribution in [2.45, 2.75) is 26.7 Å². The maximum Gasteiger partial charge on any atom is 0.216 e. The van der Waals surface area contributed by atoms with E-state index in [4.69, 9.17) is 9.97 Å². The predicted octanol–water partition coefficient (Wildman–Crippen LogP) is 2.48.